The van der Waals surface area contributed by atoms with Crippen LogP contribution in [-0.2, 0) is 9.59 Å². The molecule has 0 bridgehead atoms. The van der Waals surface area contributed by atoms with Gasteiger partial charge in [0, 0.05) is 63.1 Å². The first-order valence-electron chi connectivity index (χ1n) is 12.0. The van der Waals surface area contributed by atoms with E-state index in [2.05, 4.69) is 17.1 Å². The lowest BCUT2D eigenvalue weighted by Crippen LogP contribution is -2.43. The van der Waals surface area contributed by atoms with Crippen LogP contribution in [0.3, 0.4) is 0 Å². The summed E-state index contributed by atoms with van der Waals surface area (Å²) >= 11 is 0. The van der Waals surface area contributed by atoms with E-state index in [1.165, 1.54) is 6.20 Å². The highest BCUT2D eigenvalue weighted by molar-refractivity contribution is 5.80. The fourth-order valence-electron chi connectivity index (χ4n) is 5.14. The second-order valence-corrected chi connectivity index (χ2v) is 9.35. The van der Waals surface area contributed by atoms with Crippen molar-refractivity contribution in [1.82, 2.24) is 14.8 Å². The topological polar surface area (TPSA) is 110 Å². The highest BCUT2D eigenvalue weighted by atomic mass is 16.5. The van der Waals surface area contributed by atoms with Gasteiger partial charge in [-0.05, 0) is 43.5 Å². The maximum atomic E-state index is 13.4. The van der Waals surface area contributed by atoms with Gasteiger partial charge in [0.15, 0.2) is 0 Å². The van der Waals surface area contributed by atoms with Gasteiger partial charge >= 0.3 is 0 Å². The predicted molar refractivity (Wildman–Crippen MR) is 128 cm³/mol. The Hall–Kier alpha value is -3.91. The van der Waals surface area contributed by atoms with E-state index < -0.39 is 0 Å². The molecule has 3 heterocycles. The quantitative estimate of drug-likeness (QED) is 0.663. The summed E-state index contributed by atoms with van der Waals surface area (Å²) in [5.74, 6) is 0.635. The summed E-state index contributed by atoms with van der Waals surface area (Å²) in [6, 6.07) is 15.1. The van der Waals surface area contributed by atoms with Gasteiger partial charge in [-0.25, -0.2) is 4.98 Å². The van der Waals surface area contributed by atoms with Crippen LogP contribution in [0.25, 0.3) is 0 Å². The number of amides is 2. The molecule has 8 nitrogen and oxygen atoms in total. The first-order chi connectivity index (χ1) is 16.9. The summed E-state index contributed by atoms with van der Waals surface area (Å²) in [4.78, 5) is 33.1. The van der Waals surface area contributed by atoms with E-state index in [4.69, 9.17) is 10.00 Å². The summed E-state index contributed by atoms with van der Waals surface area (Å²) in [6.07, 6.45) is 2.62. The number of benzene rings is 1. The molecule has 0 N–H and O–H groups in total. The van der Waals surface area contributed by atoms with Crippen LogP contribution in [0.4, 0.5) is 0 Å². The largest absolute Gasteiger partial charge is 0.474 e. The van der Waals surface area contributed by atoms with Crippen LogP contribution >= 0.6 is 0 Å². The van der Waals surface area contributed by atoms with Crippen LogP contribution in [0, 0.1) is 34.5 Å². The third kappa shape index (κ3) is 5.44. The number of likely N-dealkylation sites (tertiary alicyclic amines) is 2. The fraction of sp³-hybridized carbons (Fsp3) is 0.444. The number of carbonyl (C=O) groups is 2. The number of nitriles is 2. The van der Waals surface area contributed by atoms with Crippen LogP contribution in [0.5, 0.6) is 5.88 Å². The number of ether oxygens (including phenoxy) is 1. The van der Waals surface area contributed by atoms with Gasteiger partial charge in [0.1, 0.15) is 12.2 Å². The van der Waals surface area contributed by atoms with E-state index in [0.717, 1.165) is 5.56 Å². The fourth-order valence-corrected chi connectivity index (χ4v) is 5.14. The zero-order valence-electron chi connectivity index (χ0n) is 20.1. The second kappa shape index (κ2) is 10.6. The first-order valence-corrected chi connectivity index (χ1v) is 12.0. The zero-order valence-corrected chi connectivity index (χ0v) is 20.1. The van der Waals surface area contributed by atoms with Gasteiger partial charge in [-0.1, -0.05) is 12.1 Å². The Bertz CT molecular complexity index is 1140. The molecular formula is C27H29N5O3. The average molecular weight is 472 g/mol. The van der Waals surface area contributed by atoms with Crippen molar-refractivity contribution in [1.29, 1.82) is 10.5 Å². The number of aromatic nitrogens is 1. The molecule has 35 heavy (non-hydrogen) atoms. The Morgan fingerprint density at radius 3 is 2.23 bits per heavy atom. The predicted octanol–water partition coefficient (Wildman–Crippen LogP) is 3.09. The van der Waals surface area contributed by atoms with Gasteiger partial charge in [-0.2, -0.15) is 10.5 Å². The highest BCUT2D eigenvalue weighted by Crippen LogP contribution is 2.37. The summed E-state index contributed by atoms with van der Waals surface area (Å²) in [7, 11) is 0. The van der Waals surface area contributed by atoms with Crippen molar-refractivity contribution in [2.24, 2.45) is 11.8 Å². The van der Waals surface area contributed by atoms with Gasteiger partial charge in [0.05, 0.1) is 17.2 Å². The van der Waals surface area contributed by atoms with Crippen molar-refractivity contribution < 1.29 is 14.3 Å². The minimum Gasteiger partial charge on any atom is -0.474 e. The van der Waals surface area contributed by atoms with Crippen molar-refractivity contribution in [2.45, 2.75) is 38.7 Å². The minimum atomic E-state index is -0.228. The van der Waals surface area contributed by atoms with Crippen LogP contribution < -0.4 is 4.74 Å². The molecular weight excluding hydrogens is 442 g/mol. The van der Waals surface area contributed by atoms with Crippen molar-refractivity contribution in [2.75, 3.05) is 26.2 Å². The molecule has 3 atom stereocenters. The van der Waals surface area contributed by atoms with E-state index in [-0.39, 0.29) is 35.7 Å². The Morgan fingerprint density at radius 1 is 1.00 bits per heavy atom. The SMILES string of the molecule is CC(=O)N1CCC(C(=O)N2CC(c3ccc(C#N)cc3)C(C(C)Oc3ccc(C#N)cn3)C2)CC1. The Morgan fingerprint density at radius 2 is 1.66 bits per heavy atom. The van der Waals surface area contributed by atoms with E-state index in [1.54, 1.807) is 24.0 Å². The van der Waals surface area contributed by atoms with Gasteiger partial charge < -0.3 is 14.5 Å². The molecule has 0 radical (unpaired) electrons. The highest BCUT2D eigenvalue weighted by Gasteiger charge is 2.42. The molecule has 2 fully saturated rings. The number of carbonyl (C=O) groups excluding carboxylic acids is 2. The standard InChI is InChI=1S/C27H29N5O3/c1-18(35-26-8-5-21(14-29)15-30-26)24-16-32(17-25(24)22-6-3-20(13-28)4-7-22)27(34)23-9-11-31(12-10-23)19(2)33/h3-8,15,18,23-25H,9-12,16-17H2,1-2H3. The Balaban J connectivity index is 1.51. The monoisotopic (exact) mass is 471 g/mol. The van der Waals surface area contributed by atoms with Gasteiger partial charge in [-0.15, -0.1) is 0 Å². The summed E-state index contributed by atoms with van der Waals surface area (Å²) in [5, 5.41) is 18.2. The molecule has 4 rings (SSSR count). The number of nitrogens with zero attached hydrogens (tertiary/aromatic N) is 5. The Labute approximate surface area is 205 Å². The lowest BCUT2D eigenvalue weighted by Gasteiger charge is -2.32. The van der Waals surface area contributed by atoms with Gasteiger partial charge in [0.2, 0.25) is 17.7 Å². The van der Waals surface area contributed by atoms with E-state index in [9.17, 15) is 14.9 Å². The van der Waals surface area contributed by atoms with Crippen molar-refractivity contribution in [3.05, 3.63) is 59.3 Å². The van der Waals surface area contributed by atoms with Crippen molar-refractivity contribution >= 4 is 11.8 Å². The number of hydrogen-bond donors (Lipinski definition) is 0. The third-order valence-corrected chi connectivity index (χ3v) is 7.21. The summed E-state index contributed by atoms with van der Waals surface area (Å²) < 4.78 is 6.15. The molecule has 2 aromatic rings. The van der Waals surface area contributed by atoms with Crippen LogP contribution in [0.1, 0.15) is 49.3 Å². The molecule has 2 aliphatic rings. The molecule has 2 amide bonds. The molecule has 0 saturated carbocycles. The minimum absolute atomic E-state index is 0.0293. The Kier molecular flexibility index (Phi) is 7.31. The molecule has 0 aliphatic carbocycles. The molecule has 0 spiro atoms. The average Bonchev–Trinajstić information content (AvgIpc) is 3.34. The van der Waals surface area contributed by atoms with Gasteiger partial charge in [-0.3, -0.25) is 9.59 Å². The summed E-state index contributed by atoms with van der Waals surface area (Å²) in [6.45, 7) is 5.93. The molecule has 8 heteroatoms. The van der Waals surface area contributed by atoms with E-state index in [0.29, 0.717) is 56.0 Å². The molecule has 2 aliphatic heterocycles. The maximum absolute atomic E-state index is 13.4. The smallest absolute Gasteiger partial charge is 0.225 e. The molecule has 1 aromatic heterocycles. The lowest BCUT2D eigenvalue weighted by molar-refractivity contribution is -0.139. The van der Waals surface area contributed by atoms with E-state index >= 15 is 0 Å². The number of rotatable bonds is 5. The van der Waals surface area contributed by atoms with Crippen molar-refractivity contribution in [3.8, 4) is 18.0 Å². The molecule has 180 valence electrons. The van der Waals surface area contributed by atoms with Crippen LogP contribution in [0.2, 0.25) is 0 Å². The summed E-state index contributed by atoms with van der Waals surface area (Å²) in [5.41, 5.74) is 2.13. The zero-order chi connectivity index (χ0) is 24.9. The van der Waals surface area contributed by atoms with Crippen LogP contribution in [-0.4, -0.2) is 58.9 Å². The van der Waals surface area contributed by atoms with Gasteiger partial charge in [0.25, 0.3) is 0 Å². The molecule has 2 saturated heterocycles. The number of hydrogen-bond acceptors (Lipinski definition) is 6. The first kappa shape index (κ1) is 24.2. The third-order valence-electron chi connectivity index (χ3n) is 7.21. The van der Waals surface area contributed by atoms with Crippen LogP contribution in [0.15, 0.2) is 42.6 Å². The maximum Gasteiger partial charge on any atom is 0.225 e. The van der Waals surface area contributed by atoms with Crippen molar-refractivity contribution in [3.63, 3.8) is 0 Å². The van der Waals surface area contributed by atoms with E-state index in [1.807, 2.05) is 36.1 Å². The number of piperidine rings is 1. The molecule has 3 unspecified atom stereocenters. The molecule has 1 aromatic carbocycles. The lowest BCUT2D eigenvalue weighted by atomic mass is 9.85. The second-order valence-electron chi connectivity index (χ2n) is 9.35. The normalized spacial score (nSPS) is 21.1. The number of pyridine rings is 1.